The van der Waals surface area contributed by atoms with E-state index in [4.69, 9.17) is 9.47 Å². The molecule has 0 fully saturated rings. The third-order valence-corrected chi connectivity index (χ3v) is 3.14. The molecular formula is C15H21N3O2. The van der Waals surface area contributed by atoms with Gasteiger partial charge in [0, 0.05) is 38.0 Å². The maximum atomic E-state index is 5.92. The van der Waals surface area contributed by atoms with Gasteiger partial charge in [-0.3, -0.25) is 0 Å². The summed E-state index contributed by atoms with van der Waals surface area (Å²) in [6, 6.07) is 5.92. The summed E-state index contributed by atoms with van der Waals surface area (Å²) in [4.78, 5) is 4.29. The Morgan fingerprint density at radius 3 is 2.85 bits per heavy atom. The maximum Gasteiger partial charge on any atom is 0.165 e. The first kappa shape index (κ1) is 14.4. The fraction of sp³-hybridized carbons (Fsp3) is 0.400. The van der Waals surface area contributed by atoms with Gasteiger partial charge in [-0.1, -0.05) is 12.1 Å². The molecule has 0 aliphatic heterocycles. The quantitative estimate of drug-likeness (QED) is 0.836. The lowest BCUT2D eigenvalue weighted by molar-refractivity contribution is 0.291. The van der Waals surface area contributed by atoms with Crippen LogP contribution in [0.1, 0.15) is 11.4 Å². The van der Waals surface area contributed by atoms with Crippen molar-refractivity contribution < 1.29 is 9.47 Å². The summed E-state index contributed by atoms with van der Waals surface area (Å²) in [6.07, 6.45) is 4.50. The number of para-hydroxylation sites is 1. The Hall–Kier alpha value is -2.01. The molecular weight excluding hydrogens is 254 g/mol. The first-order chi connectivity index (χ1) is 9.76. The van der Waals surface area contributed by atoms with Gasteiger partial charge < -0.3 is 19.4 Å². The molecule has 0 spiro atoms. The van der Waals surface area contributed by atoms with Crippen molar-refractivity contribution in [2.75, 3.05) is 20.8 Å². The summed E-state index contributed by atoms with van der Waals surface area (Å²) in [5.41, 5.74) is 1.09. The second-order valence-electron chi connectivity index (χ2n) is 4.53. The molecule has 2 rings (SSSR count). The van der Waals surface area contributed by atoms with E-state index in [1.165, 1.54) is 0 Å². The zero-order chi connectivity index (χ0) is 14.4. The molecule has 5 heteroatoms. The van der Waals surface area contributed by atoms with Gasteiger partial charge >= 0.3 is 0 Å². The van der Waals surface area contributed by atoms with Gasteiger partial charge in [-0.15, -0.1) is 0 Å². The number of ether oxygens (including phenoxy) is 2. The number of aromatic nitrogens is 2. The van der Waals surface area contributed by atoms with Gasteiger partial charge in [0.2, 0.25) is 0 Å². The average Bonchev–Trinajstić information content (AvgIpc) is 2.86. The summed E-state index contributed by atoms with van der Waals surface area (Å²) >= 11 is 0. The van der Waals surface area contributed by atoms with Gasteiger partial charge in [0.05, 0.1) is 13.7 Å². The van der Waals surface area contributed by atoms with Crippen molar-refractivity contribution in [2.24, 2.45) is 7.05 Å². The molecule has 1 heterocycles. The predicted octanol–water partition coefficient (Wildman–Crippen LogP) is 1.77. The first-order valence-corrected chi connectivity index (χ1v) is 6.65. The van der Waals surface area contributed by atoms with Gasteiger partial charge in [-0.05, 0) is 13.1 Å². The lowest BCUT2D eigenvalue weighted by Gasteiger charge is -2.15. The van der Waals surface area contributed by atoms with E-state index in [2.05, 4.69) is 10.3 Å². The van der Waals surface area contributed by atoms with Crippen LogP contribution in [0.4, 0.5) is 0 Å². The molecule has 0 aliphatic rings. The highest BCUT2D eigenvalue weighted by Crippen LogP contribution is 2.31. The van der Waals surface area contributed by atoms with Crippen LogP contribution in [0.25, 0.3) is 0 Å². The molecule has 0 unspecified atom stereocenters. The van der Waals surface area contributed by atoms with E-state index in [0.717, 1.165) is 35.9 Å². The smallest absolute Gasteiger partial charge is 0.165 e. The van der Waals surface area contributed by atoms with Crippen molar-refractivity contribution in [1.82, 2.24) is 14.9 Å². The molecule has 0 saturated carbocycles. The Balaban J connectivity index is 2.05. The Morgan fingerprint density at radius 2 is 2.20 bits per heavy atom. The minimum absolute atomic E-state index is 0.571. The van der Waals surface area contributed by atoms with Crippen LogP contribution >= 0.6 is 0 Å². The molecule has 0 bridgehead atoms. The number of methoxy groups -OCH3 is 1. The molecule has 5 nitrogen and oxygen atoms in total. The van der Waals surface area contributed by atoms with Crippen LogP contribution in [0.2, 0.25) is 0 Å². The highest BCUT2D eigenvalue weighted by Gasteiger charge is 2.10. The van der Waals surface area contributed by atoms with Gasteiger partial charge in [0.1, 0.15) is 5.82 Å². The number of hydrogen-bond donors (Lipinski definition) is 1. The third-order valence-electron chi connectivity index (χ3n) is 3.14. The Labute approximate surface area is 119 Å². The molecule has 20 heavy (non-hydrogen) atoms. The standard InChI is InChI=1S/C15H21N3O2/c1-16-11-12-5-4-6-13(19-3)15(12)20-10-7-14-17-8-9-18(14)2/h4-6,8-9,16H,7,10-11H2,1-3H3. The minimum atomic E-state index is 0.571. The van der Waals surface area contributed by atoms with E-state index in [9.17, 15) is 0 Å². The number of hydrogen-bond acceptors (Lipinski definition) is 4. The van der Waals surface area contributed by atoms with E-state index >= 15 is 0 Å². The molecule has 0 saturated heterocycles. The number of imidazole rings is 1. The monoisotopic (exact) mass is 275 g/mol. The summed E-state index contributed by atoms with van der Waals surface area (Å²) in [5, 5.41) is 3.14. The van der Waals surface area contributed by atoms with Crippen LogP contribution in [-0.2, 0) is 20.0 Å². The van der Waals surface area contributed by atoms with Crippen molar-refractivity contribution in [1.29, 1.82) is 0 Å². The fourth-order valence-corrected chi connectivity index (χ4v) is 2.10. The lowest BCUT2D eigenvalue weighted by Crippen LogP contribution is -2.11. The van der Waals surface area contributed by atoms with Gasteiger partial charge in [-0.25, -0.2) is 4.98 Å². The molecule has 108 valence electrons. The van der Waals surface area contributed by atoms with Gasteiger partial charge in [-0.2, -0.15) is 0 Å². The van der Waals surface area contributed by atoms with Crippen molar-refractivity contribution in [2.45, 2.75) is 13.0 Å². The van der Waals surface area contributed by atoms with Crippen LogP contribution in [0, 0.1) is 0 Å². The Bertz CT molecular complexity index is 552. The first-order valence-electron chi connectivity index (χ1n) is 6.65. The second kappa shape index (κ2) is 6.96. The summed E-state index contributed by atoms with van der Waals surface area (Å²) < 4.78 is 13.3. The van der Waals surface area contributed by atoms with Crippen molar-refractivity contribution in [3.05, 3.63) is 42.0 Å². The van der Waals surface area contributed by atoms with Crippen LogP contribution in [0.3, 0.4) is 0 Å². The highest BCUT2D eigenvalue weighted by atomic mass is 16.5. The molecule has 1 aromatic heterocycles. The Kier molecular flexibility index (Phi) is 5.01. The Morgan fingerprint density at radius 1 is 1.35 bits per heavy atom. The third kappa shape index (κ3) is 3.30. The topological polar surface area (TPSA) is 48.3 Å². The average molecular weight is 275 g/mol. The molecule has 1 aromatic carbocycles. The molecule has 0 amide bonds. The highest BCUT2D eigenvalue weighted by molar-refractivity contribution is 5.46. The SMILES string of the molecule is CNCc1cccc(OC)c1OCCc1nccn1C. The van der Waals surface area contributed by atoms with Crippen LogP contribution in [-0.4, -0.2) is 30.3 Å². The lowest BCUT2D eigenvalue weighted by atomic mass is 10.2. The van der Waals surface area contributed by atoms with Gasteiger partial charge in [0.15, 0.2) is 11.5 Å². The van der Waals surface area contributed by atoms with Gasteiger partial charge in [0.25, 0.3) is 0 Å². The summed E-state index contributed by atoms with van der Waals surface area (Å²) in [7, 11) is 5.55. The van der Waals surface area contributed by atoms with E-state index < -0.39 is 0 Å². The number of aryl methyl sites for hydroxylation is 1. The summed E-state index contributed by atoms with van der Waals surface area (Å²) in [5.74, 6) is 2.58. The molecule has 2 aromatic rings. The minimum Gasteiger partial charge on any atom is -0.493 e. The van der Waals surface area contributed by atoms with E-state index in [0.29, 0.717) is 6.61 Å². The van der Waals surface area contributed by atoms with E-state index in [-0.39, 0.29) is 0 Å². The van der Waals surface area contributed by atoms with E-state index in [1.54, 1.807) is 13.3 Å². The molecule has 0 atom stereocenters. The number of rotatable bonds is 7. The normalized spacial score (nSPS) is 10.6. The van der Waals surface area contributed by atoms with Crippen molar-refractivity contribution in [3.8, 4) is 11.5 Å². The van der Waals surface area contributed by atoms with Crippen molar-refractivity contribution >= 4 is 0 Å². The second-order valence-corrected chi connectivity index (χ2v) is 4.53. The van der Waals surface area contributed by atoms with Crippen LogP contribution in [0.15, 0.2) is 30.6 Å². The zero-order valence-corrected chi connectivity index (χ0v) is 12.2. The predicted molar refractivity (Wildman–Crippen MR) is 78.2 cm³/mol. The number of benzene rings is 1. The van der Waals surface area contributed by atoms with Crippen LogP contribution < -0.4 is 14.8 Å². The molecule has 0 radical (unpaired) electrons. The van der Waals surface area contributed by atoms with E-state index in [1.807, 2.05) is 43.1 Å². The fourth-order valence-electron chi connectivity index (χ4n) is 2.10. The number of nitrogens with zero attached hydrogens (tertiary/aromatic N) is 2. The summed E-state index contributed by atoms with van der Waals surface area (Å²) in [6.45, 7) is 1.32. The largest absolute Gasteiger partial charge is 0.493 e. The maximum absolute atomic E-state index is 5.92. The molecule has 1 N–H and O–H groups in total. The zero-order valence-electron chi connectivity index (χ0n) is 12.2. The van der Waals surface area contributed by atoms with Crippen molar-refractivity contribution in [3.63, 3.8) is 0 Å². The van der Waals surface area contributed by atoms with Crippen LogP contribution in [0.5, 0.6) is 11.5 Å². The number of nitrogens with one attached hydrogen (secondary N) is 1. The molecule has 0 aliphatic carbocycles.